The Labute approximate surface area is 124 Å². The quantitative estimate of drug-likeness (QED) is 0.685. The van der Waals surface area contributed by atoms with E-state index >= 15 is 0 Å². The molecule has 0 saturated heterocycles. The lowest BCUT2D eigenvalue weighted by molar-refractivity contribution is 1.13. The first-order chi connectivity index (χ1) is 9.20. The van der Waals surface area contributed by atoms with E-state index in [4.69, 9.17) is 11.6 Å². The molecule has 4 heteroatoms. The molecule has 0 N–H and O–H groups in total. The molecule has 0 atom stereocenters. The number of hydrogen-bond donors (Lipinski definition) is 0. The van der Waals surface area contributed by atoms with E-state index in [1.807, 2.05) is 6.07 Å². The number of nitrogens with zero attached hydrogens (tertiary/aromatic N) is 2. The van der Waals surface area contributed by atoms with Gasteiger partial charge in [-0.15, -0.1) is 0 Å². The van der Waals surface area contributed by atoms with E-state index in [0.29, 0.717) is 10.8 Å². The standard InChI is InChI=1S/C15H8BrClN2/c16-13-3-2-11-5-10(6-12(11)7-13)1-4-15-18-8-14(17)9-19-15/h2-3,5,7-9H,6H2. The Bertz CT molecular complexity index is 724. The van der Waals surface area contributed by atoms with Crippen LogP contribution in [0.1, 0.15) is 17.0 Å². The zero-order chi connectivity index (χ0) is 13.2. The fourth-order valence-electron chi connectivity index (χ4n) is 1.91. The van der Waals surface area contributed by atoms with Crippen LogP contribution in [0.25, 0.3) is 6.08 Å². The van der Waals surface area contributed by atoms with Crippen molar-refractivity contribution in [2.24, 2.45) is 0 Å². The molecule has 0 bridgehead atoms. The normalized spacial score (nSPS) is 12.4. The number of rotatable bonds is 0. The van der Waals surface area contributed by atoms with Gasteiger partial charge < -0.3 is 0 Å². The maximum Gasteiger partial charge on any atom is 0.205 e. The van der Waals surface area contributed by atoms with Gasteiger partial charge in [0.05, 0.1) is 17.4 Å². The average molecular weight is 332 g/mol. The molecule has 2 aromatic rings. The molecule has 0 spiro atoms. The topological polar surface area (TPSA) is 25.8 Å². The zero-order valence-corrected chi connectivity index (χ0v) is 12.2. The Morgan fingerprint density at radius 1 is 1.16 bits per heavy atom. The first kappa shape index (κ1) is 12.4. The summed E-state index contributed by atoms with van der Waals surface area (Å²) < 4.78 is 1.09. The van der Waals surface area contributed by atoms with Gasteiger partial charge in [-0.1, -0.05) is 39.5 Å². The molecule has 1 aliphatic carbocycles. The zero-order valence-electron chi connectivity index (χ0n) is 9.82. The Hall–Kier alpha value is -1.63. The summed E-state index contributed by atoms with van der Waals surface area (Å²) in [5.74, 6) is 6.55. The third-order valence-corrected chi connectivity index (χ3v) is 3.46. The van der Waals surface area contributed by atoms with Gasteiger partial charge in [0.25, 0.3) is 0 Å². The molecule has 1 heterocycles. The molecule has 0 saturated carbocycles. The Morgan fingerprint density at radius 3 is 2.74 bits per heavy atom. The van der Waals surface area contributed by atoms with Crippen molar-refractivity contribution in [2.75, 3.05) is 0 Å². The third kappa shape index (κ3) is 2.86. The first-order valence-corrected chi connectivity index (χ1v) is 6.86. The molecule has 0 radical (unpaired) electrons. The number of fused-ring (bicyclic) bond motifs is 1. The molecule has 1 aromatic heterocycles. The summed E-state index contributed by atoms with van der Waals surface area (Å²) in [5, 5.41) is 0.517. The van der Waals surface area contributed by atoms with Crippen LogP contribution in [0.15, 0.2) is 40.6 Å². The second-order valence-electron chi connectivity index (χ2n) is 4.16. The summed E-state index contributed by atoms with van der Waals surface area (Å²) in [6.45, 7) is 0. The summed E-state index contributed by atoms with van der Waals surface area (Å²) in [6, 6.07) is 6.25. The lowest BCUT2D eigenvalue weighted by Gasteiger charge is -1.97. The number of hydrogen-bond acceptors (Lipinski definition) is 2. The predicted octanol–water partition coefficient (Wildman–Crippen LogP) is 3.88. The van der Waals surface area contributed by atoms with Crippen LogP contribution in [0.4, 0.5) is 0 Å². The van der Waals surface area contributed by atoms with E-state index in [1.165, 1.54) is 11.1 Å². The predicted molar refractivity (Wildman–Crippen MR) is 79.7 cm³/mol. The van der Waals surface area contributed by atoms with Crippen LogP contribution in [0.3, 0.4) is 0 Å². The smallest absolute Gasteiger partial charge is 0.205 e. The van der Waals surface area contributed by atoms with E-state index in [9.17, 15) is 0 Å². The van der Waals surface area contributed by atoms with Crippen molar-refractivity contribution in [1.29, 1.82) is 0 Å². The Kier molecular flexibility index (Phi) is 3.37. The maximum atomic E-state index is 5.73. The summed E-state index contributed by atoms with van der Waals surface area (Å²) in [5.41, 5.74) is 3.59. The van der Waals surface area contributed by atoms with Gasteiger partial charge in [0.15, 0.2) is 0 Å². The average Bonchev–Trinajstić information content (AvgIpc) is 2.80. The van der Waals surface area contributed by atoms with Gasteiger partial charge >= 0.3 is 0 Å². The largest absolute Gasteiger partial charge is 0.228 e. The molecular formula is C15H8BrClN2. The van der Waals surface area contributed by atoms with Gasteiger partial charge in [-0.05, 0) is 35.3 Å². The fourth-order valence-corrected chi connectivity index (χ4v) is 2.41. The van der Waals surface area contributed by atoms with Crippen LogP contribution in [-0.4, -0.2) is 9.97 Å². The summed E-state index contributed by atoms with van der Waals surface area (Å²) in [4.78, 5) is 8.10. The monoisotopic (exact) mass is 330 g/mol. The van der Waals surface area contributed by atoms with Crippen LogP contribution in [-0.2, 0) is 6.42 Å². The highest BCUT2D eigenvalue weighted by Crippen LogP contribution is 2.27. The lowest BCUT2D eigenvalue weighted by atomic mass is 10.1. The van der Waals surface area contributed by atoms with Crippen molar-refractivity contribution < 1.29 is 0 Å². The van der Waals surface area contributed by atoms with Crippen LogP contribution in [0.5, 0.6) is 0 Å². The minimum Gasteiger partial charge on any atom is -0.228 e. The molecule has 0 aliphatic heterocycles. The molecule has 92 valence electrons. The van der Waals surface area contributed by atoms with Crippen LogP contribution in [0.2, 0.25) is 5.02 Å². The molecular weight excluding hydrogens is 324 g/mol. The number of benzene rings is 1. The van der Waals surface area contributed by atoms with Gasteiger partial charge in [-0.25, -0.2) is 9.97 Å². The van der Waals surface area contributed by atoms with Crippen LogP contribution in [0, 0.1) is 11.8 Å². The highest BCUT2D eigenvalue weighted by molar-refractivity contribution is 9.10. The van der Waals surface area contributed by atoms with Crippen molar-refractivity contribution in [3.63, 3.8) is 0 Å². The fraction of sp³-hybridized carbons (Fsp3) is 0.0667. The first-order valence-electron chi connectivity index (χ1n) is 5.69. The van der Waals surface area contributed by atoms with Gasteiger partial charge in [-0.2, -0.15) is 0 Å². The molecule has 0 amide bonds. The summed E-state index contributed by atoms with van der Waals surface area (Å²) >= 11 is 9.20. The van der Waals surface area contributed by atoms with Crippen LogP contribution >= 0.6 is 27.5 Å². The molecule has 0 unspecified atom stereocenters. The Morgan fingerprint density at radius 2 is 1.95 bits per heavy atom. The van der Waals surface area contributed by atoms with Gasteiger partial charge in [0.1, 0.15) is 0 Å². The number of allylic oxidation sites excluding steroid dienone is 1. The van der Waals surface area contributed by atoms with Crippen LogP contribution < -0.4 is 0 Å². The van der Waals surface area contributed by atoms with Gasteiger partial charge in [-0.3, -0.25) is 0 Å². The highest BCUT2D eigenvalue weighted by atomic mass is 79.9. The highest BCUT2D eigenvalue weighted by Gasteiger charge is 2.10. The molecule has 19 heavy (non-hydrogen) atoms. The SMILES string of the molecule is Clc1cnc(C#CC2=Cc3ccc(Br)cc3C2)nc1. The van der Waals surface area contributed by atoms with E-state index < -0.39 is 0 Å². The van der Waals surface area contributed by atoms with E-state index in [0.717, 1.165) is 16.5 Å². The Balaban J connectivity index is 1.82. The molecule has 3 rings (SSSR count). The number of halogens is 2. The van der Waals surface area contributed by atoms with E-state index in [-0.39, 0.29) is 0 Å². The second-order valence-corrected chi connectivity index (χ2v) is 5.52. The third-order valence-electron chi connectivity index (χ3n) is 2.77. The van der Waals surface area contributed by atoms with Crippen molar-refractivity contribution in [1.82, 2.24) is 9.97 Å². The van der Waals surface area contributed by atoms with E-state index in [1.54, 1.807) is 12.4 Å². The second kappa shape index (κ2) is 5.16. The maximum absolute atomic E-state index is 5.73. The molecule has 2 nitrogen and oxygen atoms in total. The van der Waals surface area contributed by atoms with Gasteiger partial charge in [0, 0.05) is 16.5 Å². The van der Waals surface area contributed by atoms with Crippen molar-refractivity contribution in [3.8, 4) is 11.8 Å². The van der Waals surface area contributed by atoms with E-state index in [2.05, 4.69) is 55.9 Å². The molecule has 1 aromatic carbocycles. The molecule has 1 aliphatic rings. The van der Waals surface area contributed by atoms with Crippen molar-refractivity contribution >= 4 is 33.6 Å². The van der Waals surface area contributed by atoms with Gasteiger partial charge in [0.2, 0.25) is 5.82 Å². The minimum atomic E-state index is 0.488. The molecule has 0 fully saturated rings. The number of aromatic nitrogens is 2. The summed E-state index contributed by atoms with van der Waals surface area (Å²) in [6.07, 6.45) is 6.06. The van der Waals surface area contributed by atoms with Crippen molar-refractivity contribution in [2.45, 2.75) is 6.42 Å². The van der Waals surface area contributed by atoms with Crippen molar-refractivity contribution in [3.05, 3.63) is 62.6 Å². The minimum absolute atomic E-state index is 0.488. The lowest BCUT2D eigenvalue weighted by Crippen LogP contribution is -1.87. The summed E-state index contributed by atoms with van der Waals surface area (Å²) in [7, 11) is 0.